The van der Waals surface area contributed by atoms with Crippen LogP contribution in [0.1, 0.15) is 24.1 Å². The quantitative estimate of drug-likeness (QED) is 0.925. The maximum atomic E-state index is 5.84. The van der Waals surface area contributed by atoms with E-state index in [1.807, 2.05) is 37.3 Å². The van der Waals surface area contributed by atoms with Crippen LogP contribution >= 0.6 is 0 Å². The van der Waals surface area contributed by atoms with E-state index in [2.05, 4.69) is 4.98 Å². The maximum Gasteiger partial charge on any atom is 0.231 e. The second-order valence-corrected chi connectivity index (χ2v) is 4.69. The Bertz CT molecular complexity index is 614. The molecule has 0 aliphatic carbocycles. The summed E-state index contributed by atoms with van der Waals surface area (Å²) < 4.78 is 16.3. The van der Waals surface area contributed by atoms with Crippen LogP contribution in [0.5, 0.6) is 17.4 Å². The number of fused-ring (bicyclic) bond motifs is 1. The molecule has 104 valence electrons. The van der Waals surface area contributed by atoms with E-state index >= 15 is 0 Å². The van der Waals surface area contributed by atoms with Crippen molar-refractivity contribution in [2.24, 2.45) is 5.73 Å². The van der Waals surface area contributed by atoms with Gasteiger partial charge in [-0.2, -0.15) is 0 Å². The maximum absolute atomic E-state index is 5.84. The highest BCUT2D eigenvalue weighted by atomic mass is 16.7. The first-order valence-corrected chi connectivity index (χ1v) is 6.45. The van der Waals surface area contributed by atoms with Gasteiger partial charge in [0.1, 0.15) is 6.61 Å². The van der Waals surface area contributed by atoms with Gasteiger partial charge in [-0.25, -0.2) is 4.98 Å². The van der Waals surface area contributed by atoms with Crippen LogP contribution in [0.3, 0.4) is 0 Å². The van der Waals surface area contributed by atoms with Crippen molar-refractivity contribution < 1.29 is 14.2 Å². The van der Waals surface area contributed by atoms with Crippen molar-refractivity contribution in [3.05, 3.63) is 47.7 Å². The first kappa shape index (κ1) is 12.7. The van der Waals surface area contributed by atoms with Gasteiger partial charge >= 0.3 is 0 Å². The Morgan fingerprint density at radius 1 is 1.25 bits per heavy atom. The molecule has 2 N–H and O–H groups in total. The van der Waals surface area contributed by atoms with E-state index in [1.54, 1.807) is 6.20 Å². The van der Waals surface area contributed by atoms with Crippen molar-refractivity contribution in [1.29, 1.82) is 0 Å². The molecule has 1 aliphatic heterocycles. The molecule has 0 fully saturated rings. The summed E-state index contributed by atoms with van der Waals surface area (Å²) >= 11 is 0. The zero-order valence-electron chi connectivity index (χ0n) is 11.2. The zero-order chi connectivity index (χ0) is 13.9. The topological polar surface area (TPSA) is 66.6 Å². The molecule has 1 aromatic heterocycles. The second-order valence-electron chi connectivity index (χ2n) is 4.69. The van der Waals surface area contributed by atoms with Crippen LogP contribution in [-0.4, -0.2) is 11.8 Å². The molecule has 0 radical (unpaired) electrons. The fraction of sp³-hybridized carbons (Fsp3) is 0.267. The zero-order valence-corrected chi connectivity index (χ0v) is 11.2. The third-order valence-electron chi connectivity index (χ3n) is 3.11. The highest BCUT2D eigenvalue weighted by Crippen LogP contribution is 2.32. The Hall–Kier alpha value is -2.27. The number of rotatable bonds is 4. The molecule has 2 aromatic rings. The molecule has 1 aliphatic rings. The number of benzene rings is 1. The molecule has 1 aromatic carbocycles. The standard InChI is InChI=1S/C15H16N2O3/c1-10(16)12-4-5-17-15(7-12)18-8-11-2-3-13-14(6-11)20-9-19-13/h2-7,10H,8-9,16H2,1H3/t10-/m0/s1. The minimum Gasteiger partial charge on any atom is -0.473 e. The van der Waals surface area contributed by atoms with Crippen molar-refractivity contribution >= 4 is 0 Å². The SMILES string of the molecule is C[C@H](N)c1ccnc(OCc2ccc3c(c2)OCO3)c1. The molecule has 0 unspecified atom stereocenters. The van der Waals surface area contributed by atoms with Gasteiger partial charge in [-0.05, 0) is 36.2 Å². The predicted molar refractivity (Wildman–Crippen MR) is 73.7 cm³/mol. The van der Waals surface area contributed by atoms with Crippen LogP contribution in [-0.2, 0) is 6.61 Å². The lowest BCUT2D eigenvalue weighted by Gasteiger charge is -2.09. The molecule has 5 nitrogen and oxygen atoms in total. The van der Waals surface area contributed by atoms with Crippen LogP contribution in [0.4, 0.5) is 0 Å². The van der Waals surface area contributed by atoms with E-state index in [4.69, 9.17) is 19.9 Å². The van der Waals surface area contributed by atoms with E-state index in [0.717, 1.165) is 22.6 Å². The third-order valence-corrected chi connectivity index (χ3v) is 3.11. The molecule has 3 rings (SSSR count). The molecule has 2 heterocycles. The average molecular weight is 272 g/mol. The Morgan fingerprint density at radius 3 is 2.95 bits per heavy atom. The Balaban J connectivity index is 1.69. The number of aromatic nitrogens is 1. The summed E-state index contributed by atoms with van der Waals surface area (Å²) in [6, 6.07) is 9.45. The number of hydrogen-bond acceptors (Lipinski definition) is 5. The smallest absolute Gasteiger partial charge is 0.231 e. The largest absolute Gasteiger partial charge is 0.473 e. The molecule has 20 heavy (non-hydrogen) atoms. The van der Waals surface area contributed by atoms with Gasteiger partial charge in [0.25, 0.3) is 0 Å². The van der Waals surface area contributed by atoms with Crippen molar-refractivity contribution in [2.75, 3.05) is 6.79 Å². The third kappa shape index (κ3) is 2.67. The van der Waals surface area contributed by atoms with E-state index in [9.17, 15) is 0 Å². The van der Waals surface area contributed by atoms with E-state index in [-0.39, 0.29) is 12.8 Å². The monoisotopic (exact) mass is 272 g/mol. The minimum atomic E-state index is -0.0362. The first-order chi connectivity index (χ1) is 9.72. The summed E-state index contributed by atoms with van der Waals surface area (Å²) in [6.45, 7) is 2.63. The van der Waals surface area contributed by atoms with Crippen molar-refractivity contribution in [2.45, 2.75) is 19.6 Å². The number of ether oxygens (including phenoxy) is 3. The molecule has 0 amide bonds. The van der Waals surface area contributed by atoms with Crippen LogP contribution in [0.2, 0.25) is 0 Å². The van der Waals surface area contributed by atoms with Gasteiger partial charge in [-0.15, -0.1) is 0 Å². The lowest BCUT2D eigenvalue weighted by Crippen LogP contribution is -2.06. The summed E-state index contributed by atoms with van der Waals surface area (Å²) in [7, 11) is 0. The van der Waals surface area contributed by atoms with Gasteiger partial charge in [0.2, 0.25) is 12.7 Å². The van der Waals surface area contributed by atoms with Gasteiger partial charge in [0.05, 0.1) is 0 Å². The first-order valence-electron chi connectivity index (χ1n) is 6.45. The fourth-order valence-electron chi connectivity index (χ4n) is 1.97. The van der Waals surface area contributed by atoms with E-state index in [0.29, 0.717) is 12.5 Å². The van der Waals surface area contributed by atoms with Crippen LogP contribution in [0.25, 0.3) is 0 Å². The molecule has 0 saturated heterocycles. The van der Waals surface area contributed by atoms with Gasteiger partial charge in [0, 0.05) is 18.3 Å². The van der Waals surface area contributed by atoms with Crippen LogP contribution in [0, 0.1) is 0 Å². The van der Waals surface area contributed by atoms with Crippen LogP contribution < -0.4 is 19.9 Å². The molecular formula is C15H16N2O3. The predicted octanol–water partition coefficient (Wildman–Crippen LogP) is 2.41. The Kier molecular flexibility index (Phi) is 3.43. The van der Waals surface area contributed by atoms with Crippen LogP contribution in [0.15, 0.2) is 36.5 Å². The number of hydrogen-bond donors (Lipinski definition) is 1. The van der Waals surface area contributed by atoms with E-state index in [1.165, 1.54) is 0 Å². The molecule has 1 atom stereocenters. The molecule has 0 saturated carbocycles. The van der Waals surface area contributed by atoms with Crippen molar-refractivity contribution in [3.8, 4) is 17.4 Å². The second kappa shape index (κ2) is 5.38. The highest BCUT2D eigenvalue weighted by Gasteiger charge is 2.13. The van der Waals surface area contributed by atoms with Crippen molar-refractivity contribution in [1.82, 2.24) is 4.98 Å². The van der Waals surface area contributed by atoms with Gasteiger partial charge in [-0.1, -0.05) is 6.07 Å². The van der Waals surface area contributed by atoms with Gasteiger partial charge in [0.15, 0.2) is 11.5 Å². The molecule has 0 spiro atoms. The number of pyridine rings is 1. The summed E-state index contributed by atoms with van der Waals surface area (Å²) in [5, 5.41) is 0. The summed E-state index contributed by atoms with van der Waals surface area (Å²) in [5.41, 5.74) is 7.84. The summed E-state index contributed by atoms with van der Waals surface area (Å²) in [4.78, 5) is 4.18. The fourth-order valence-corrected chi connectivity index (χ4v) is 1.97. The van der Waals surface area contributed by atoms with Gasteiger partial charge < -0.3 is 19.9 Å². The average Bonchev–Trinajstić information content (AvgIpc) is 2.93. The minimum absolute atomic E-state index is 0.0362. The highest BCUT2D eigenvalue weighted by molar-refractivity contribution is 5.44. The van der Waals surface area contributed by atoms with Gasteiger partial charge in [-0.3, -0.25) is 0 Å². The molecular weight excluding hydrogens is 256 g/mol. The number of nitrogens with zero attached hydrogens (tertiary/aromatic N) is 1. The Morgan fingerprint density at radius 2 is 2.10 bits per heavy atom. The normalized spacial score (nSPS) is 14.1. The molecule has 0 bridgehead atoms. The lowest BCUT2D eigenvalue weighted by molar-refractivity contribution is 0.174. The lowest BCUT2D eigenvalue weighted by atomic mass is 10.1. The molecule has 5 heteroatoms. The summed E-state index contributed by atoms with van der Waals surface area (Å²) in [5.74, 6) is 2.09. The summed E-state index contributed by atoms with van der Waals surface area (Å²) in [6.07, 6.45) is 1.70. The Labute approximate surface area is 117 Å². The number of nitrogens with two attached hydrogens (primary N) is 1. The van der Waals surface area contributed by atoms with E-state index < -0.39 is 0 Å². The van der Waals surface area contributed by atoms with Crippen molar-refractivity contribution in [3.63, 3.8) is 0 Å².